The minimum atomic E-state index is -0.278. The Morgan fingerprint density at radius 1 is 0.969 bits per heavy atom. The van der Waals surface area contributed by atoms with Gasteiger partial charge in [0.05, 0.1) is 13.0 Å². The molecular weight excluding hydrogens is 402 g/mol. The SMILES string of the molecule is COc1ccc(-c2ccc(CC3CN(C(=O)c4ccncc4)CCN(C)C3=O)cc2)cc1. The number of carbonyl (C=O) groups excluding carboxylic acids is 2. The fraction of sp³-hybridized carbons (Fsp3) is 0.269. The number of carbonyl (C=O) groups is 2. The van der Waals surface area contributed by atoms with Crippen molar-refractivity contribution in [1.29, 1.82) is 0 Å². The fourth-order valence-corrected chi connectivity index (χ4v) is 4.04. The molecule has 1 fully saturated rings. The van der Waals surface area contributed by atoms with Crippen molar-refractivity contribution >= 4 is 11.8 Å². The summed E-state index contributed by atoms with van der Waals surface area (Å²) in [5.41, 5.74) is 3.89. The third kappa shape index (κ3) is 4.80. The van der Waals surface area contributed by atoms with Crippen LogP contribution in [0.3, 0.4) is 0 Å². The van der Waals surface area contributed by atoms with E-state index in [4.69, 9.17) is 4.74 Å². The lowest BCUT2D eigenvalue weighted by atomic mass is 9.95. The number of rotatable bonds is 5. The molecule has 6 heteroatoms. The third-order valence-electron chi connectivity index (χ3n) is 5.95. The summed E-state index contributed by atoms with van der Waals surface area (Å²) < 4.78 is 5.22. The van der Waals surface area contributed by atoms with Crippen LogP contribution in [0.1, 0.15) is 15.9 Å². The van der Waals surface area contributed by atoms with Gasteiger partial charge in [0.25, 0.3) is 5.91 Å². The highest BCUT2D eigenvalue weighted by Gasteiger charge is 2.31. The average molecular weight is 430 g/mol. The van der Waals surface area contributed by atoms with Gasteiger partial charge in [0.2, 0.25) is 5.91 Å². The summed E-state index contributed by atoms with van der Waals surface area (Å²) in [5, 5.41) is 0. The van der Waals surface area contributed by atoms with Crippen LogP contribution in [0, 0.1) is 5.92 Å². The van der Waals surface area contributed by atoms with Gasteiger partial charge in [0.15, 0.2) is 0 Å². The van der Waals surface area contributed by atoms with Crippen LogP contribution >= 0.6 is 0 Å². The first kappa shape index (κ1) is 21.6. The standard InChI is InChI=1S/C26H27N3O3/c1-28-15-16-29(26(31)22-11-13-27-14-12-22)18-23(25(28)30)17-19-3-5-20(6-4-19)21-7-9-24(32-2)10-8-21/h3-14,23H,15-18H2,1-2H3. The van der Waals surface area contributed by atoms with Crippen LogP contribution in [0.5, 0.6) is 5.75 Å². The zero-order chi connectivity index (χ0) is 22.5. The number of pyridine rings is 1. The number of nitrogens with zero attached hydrogens (tertiary/aromatic N) is 3. The minimum absolute atomic E-state index is 0.0599. The van der Waals surface area contributed by atoms with Crippen LogP contribution in [0.2, 0.25) is 0 Å². The molecule has 1 saturated heterocycles. The van der Waals surface area contributed by atoms with Gasteiger partial charge in [-0.2, -0.15) is 0 Å². The minimum Gasteiger partial charge on any atom is -0.497 e. The molecule has 164 valence electrons. The first-order valence-electron chi connectivity index (χ1n) is 10.7. The Morgan fingerprint density at radius 3 is 2.22 bits per heavy atom. The number of hydrogen-bond donors (Lipinski definition) is 0. The van der Waals surface area contributed by atoms with Gasteiger partial charge in [-0.25, -0.2) is 0 Å². The van der Waals surface area contributed by atoms with E-state index in [9.17, 15) is 9.59 Å². The maximum Gasteiger partial charge on any atom is 0.254 e. The van der Waals surface area contributed by atoms with Crippen LogP contribution in [0.25, 0.3) is 11.1 Å². The van der Waals surface area contributed by atoms with Crippen LogP contribution in [0.15, 0.2) is 73.1 Å². The first-order chi connectivity index (χ1) is 15.5. The van der Waals surface area contributed by atoms with E-state index in [1.54, 1.807) is 41.4 Å². The zero-order valence-corrected chi connectivity index (χ0v) is 18.4. The second-order valence-electron chi connectivity index (χ2n) is 8.07. The predicted octanol–water partition coefficient (Wildman–Crippen LogP) is 3.53. The molecule has 0 N–H and O–H groups in total. The summed E-state index contributed by atoms with van der Waals surface area (Å²) in [7, 11) is 3.46. The van der Waals surface area contributed by atoms with E-state index in [-0.39, 0.29) is 17.7 Å². The molecule has 2 aromatic carbocycles. The van der Waals surface area contributed by atoms with E-state index >= 15 is 0 Å². The molecule has 1 unspecified atom stereocenters. The number of aromatic nitrogens is 1. The lowest BCUT2D eigenvalue weighted by molar-refractivity contribution is -0.133. The molecule has 0 spiro atoms. The maximum absolute atomic E-state index is 13.0. The molecule has 1 aromatic heterocycles. The van der Waals surface area contributed by atoms with Crippen molar-refractivity contribution in [2.45, 2.75) is 6.42 Å². The van der Waals surface area contributed by atoms with Crippen LogP contribution in [0.4, 0.5) is 0 Å². The molecule has 0 saturated carbocycles. The zero-order valence-electron chi connectivity index (χ0n) is 18.4. The molecule has 1 atom stereocenters. The van der Waals surface area contributed by atoms with E-state index in [1.807, 2.05) is 31.3 Å². The van der Waals surface area contributed by atoms with Gasteiger partial charge in [-0.1, -0.05) is 36.4 Å². The van der Waals surface area contributed by atoms with Crippen molar-refractivity contribution in [1.82, 2.24) is 14.8 Å². The highest BCUT2D eigenvalue weighted by atomic mass is 16.5. The lowest BCUT2D eigenvalue weighted by Crippen LogP contribution is -2.37. The highest BCUT2D eigenvalue weighted by Crippen LogP contribution is 2.24. The second-order valence-corrected chi connectivity index (χ2v) is 8.07. The van der Waals surface area contributed by atoms with E-state index in [1.165, 1.54) is 0 Å². The summed E-state index contributed by atoms with van der Waals surface area (Å²) in [5.74, 6) is 0.567. The van der Waals surface area contributed by atoms with Gasteiger partial charge in [-0.05, 0) is 47.4 Å². The third-order valence-corrected chi connectivity index (χ3v) is 5.95. The van der Waals surface area contributed by atoms with Crippen LogP contribution in [-0.4, -0.2) is 60.4 Å². The Hall–Kier alpha value is -3.67. The van der Waals surface area contributed by atoms with Gasteiger partial charge in [-0.3, -0.25) is 14.6 Å². The van der Waals surface area contributed by atoms with E-state index < -0.39 is 0 Å². The smallest absolute Gasteiger partial charge is 0.254 e. The second kappa shape index (κ2) is 9.64. The molecule has 32 heavy (non-hydrogen) atoms. The Balaban J connectivity index is 1.49. The number of methoxy groups -OCH3 is 1. The summed E-state index contributed by atoms with van der Waals surface area (Å²) >= 11 is 0. The van der Waals surface area contributed by atoms with E-state index in [0.717, 1.165) is 22.4 Å². The van der Waals surface area contributed by atoms with Gasteiger partial charge in [0.1, 0.15) is 5.75 Å². The molecule has 1 aliphatic heterocycles. The van der Waals surface area contributed by atoms with Gasteiger partial charge in [0, 0.05) is 44.6 Å². The summed E-state index contributed by atoms with van der Waals surface area (Å²) in [6, 6.07) is 19.6. The number of ether oxygens (including phenoxy) is 1. The van der Waals surface area contributed by atoms with Crippen molar-refractivity contribution < 1.29 is 14.3 Å². The Kier molecular flexibility index (Phi) is 6.50. The Bertz CT molecular complexity index is 1070. The fourth-order valence-electron chi connectivity index (χ4n) is 4.04. The van der Waals surface area contributed by atoms with Crippen molar-refractivity contribution in [3.63, 3.8) is 0 Å². The largest absolute Gasteiger partial charge is 0.497 e. The molecule has 4 rings (SSSR count). The topological polar surface area (TPSA) is 62.7 Å². The van der Waals surface area contributed by atoms with Gasteiger partial charge >= 0.3 is 0 Å². The Morgan fingerprint density at radius 2 is 1.59 bits per heavy atom. The number of benzene rings is 2. The molecule has 0 bridgehead atoms. The lowest BCUT2D eigenvalue weighted by Gasteiger charge is -2.23. The molecule has 0 aliphatic carbocycles. The quantitative estimate of drug-likeness (QED) is 0.623. The molecule has 1 aliphatic rings. The molecule has 2 amide bonds. The molecular formula is C26H27N3O3. The molecule has 6 nitrogen and oxygen atoms in total. The number of likely N-dealkylation sites (N-methyl/N-ethyl adjacent to an activating group) is 1. The van der Waals surface area contributed by atoms with Crippen LogP contribution in [-0.2, 0) is 11.2 Å². The Labute approximate surface area is 188 Å². The van der Waals surface area contributed by atoms with Gasteiger partial charge < -0.3 is 14.5 Å². The van der Waals surface area contributed by atoms with E-state index in [0.29, 0.717) is 31.6 Å². The summed E-state index contributed by atoms with van der Waals surface area (Å²) in [4.78, 5) is 33.4. The van der Waals surface area contributed by atoms with Crippen molar-refractivity contribution in [2.75, 3.05) is 33.8 Å². The summed E-state index contributed by atoms with van der Waals surface area (Å²) in [6.45, 7) is 1.46. The van der Waals surface area contributed by atoms with Crippen molar-refractivity contribution in [3.8, 4) is 16.9 Å². The highest BCUT2D eigenvalue weighted by molar-refractivity contribution is 5.94. The maximum atomic E-state index is 13.0. The summed E-state index contributed by atoms with van der Waals surface area (Å²) in [6.07, 6.45) is 3.82. The van der Waals surface area contributed by atoms with Crippen molar-refractivity contribution in [2.24, 2.45) is 5.92 Å². The molecule has 3 aromatic rings. The van der Waals surface area contributed by atoms with Crippen molar-refractivity contribution in [3.05, 3.63) is 84.2 Å². The molecule has 2 heterocycles. The molecule has 0 radical (unpaired) electrons. The normalized spacial score (nSPS) is 16.6. The van der Waals surface area contributed by atoms with E-state index in [2.05, 4.69) is 29.2 Å². The monoisotopic (exact) mass is 429 g/mol. The number of hydrogen-bond acceptors (Lipinski definition) is 4. The number of amides is 2. The van der Waals surface area contributed by atoms with Crippen LogP contribution < -0.4 is 4.74 Å². The van der Waals surface area contributed by atoms with Gasteiger partial charge in [-0.15, -0.1) is 0 Å². The predicted molar refractivity (Wildman–Crippen MR) is 123 cm³/mol. The average Bonchev–Trinajstić information content (AvgIpc) is 2.98. The first-order valence-corrected chi connectivity index (χ1v) is 10.7.